The van der Waals surface area contributed by atoms with Gasteiger partial charge in [0.05, 0.1) is 6.54 Å². The Balaban J connectivity index is 2.16. The van der Waals surface area contributed by atoms with Gasteiger partial charge in [0.1, 0.15) is 0 Å². The Labute approximate surface area is 106 Å². The summed E-state index contributed by atoms with van der Waals surface area (Å²) >= 11 is 0. The van der Waals surface area contributed by atoms with E-state index in [1.807, 2.05) is 13.8 Å². The van der Waals surface area contributed by atoms with Gasteiger partial charge in [-0.05, 0) is 51.4 Å². The largest absolute Gasteiger partial charge is 0.353 e. The number of rotatable bonds is 5. The fourth-order valence-electron chi connectivity index (χ4n) is 2.60. The minimum absolute atomic E-state index is 0.117. The number of carbonyl (C=O) groups excluding carboxylic acids is 1. The van der Waals surface area contributed by atoms with Crippen molar-refractivity contribution in [1.82, 2.24) is 10.6 Å². The van der Waals surface area contributed by atoms with Crippen LogP contribution in [0.2, 0.25) is 0 Å². The van der Waals surface area contributed by atoms with Crippen LogP contribution >= 0.6 is 0 Å². The molecule has 0 aliphatic heterocycles. The van der Waals surface area contributed by atoms with Crippen LogP contribution in [0.5, 0.6) is 0 Å². The van der Waals surface area contributed by atoms with E-state index >= 15 is 0 Å². The predicted octanol–water partition coefficient (Wildman–Crippen LogP) is 2.32. The predicted molar refractivity (Wildman–Crippen MR) is 71.9 cm³/mol. The van der Waals surface area contributed by atoms with E-state index in [-0.39, 0.29) is 11.9 Å². The van der Waals surface area contributed by atoms with E-state index in [0.717, 1.165) is 11.8 Å². The fraction of sp³-hybridized carbons (Fsp3) is 0.929. The van der Waals surface area contributed by atoms with Gasteiger partial charge in [-0.25, -0.2) is 0 Å². The molecule has 0 aromatic heterocycles. The smallest absolute Gasteiger partial charge is 0.234 e. The lowest BCUT2D eigenvalue weighted by atomic mass is 9.80. The monoisotopic (exact) mass is 240 g/mol. The molecule has 0 heterocycles. The summed E-state index contributed by atoms with van der Waals surface area (Å²) in [5.41, 5.74) is 0. The van der Waals surface area contributed by atoms with Crippen molar-refractivity contribution in [2.75, 3.05) is 6.54 Å². The van der Waals surface area contributed by atoms with E-state index in [9.17, 15) is 4.79 Å². The second kappa shape index (κ2) is 7.00. The van der Waals surface area contributed by atoms with Crippen molar-refractivity contribution < 1.29 is 4.79 Å². The first-order valence-electron chi connectivity index (χ1n) is 7.01. The summed E-state index contributed by atoms with van der Waals surface area (Å²) < 4.78 is 0. The maximum atomic E-state index is 11.5. The Morgan fingerprint density at radius 1 is 1.12 bits per heavy atom. The van der Waals surface area contributed by atoms with E-state index in [4.69, 9.17) is 0 Å². The molecule has 100 valence electrons. The van der Waals surface area contributed by atoms with Gasteiger partial charge in [0, 0.05) is 12.1 Å². The summed E-state index contributed by atoms with van der Waals surface area (Å²) in [4.78, 5) is 11.5. The molecule has 3 nitrogen and oxygen atoms in total. The van der Waals surface area contributed by atoms with Crippen molar-refractivity contribution in [1.29, 1.82) is 0 Å². The Kier molecular flexibility index (Phi) is 5.96. The van der Waals surface area contributed by atoms with Crippen LogP contribution < -0.4 is 10.6 Å². The molecule has 1 saturated carbocycles. The second-order valence-electron chi connectivity index (χ2n) is 5.96. The average molecular weight is 240 g/mol. The van der Waals surface area contributed by atoms with Crippen molar-refractivity contribution >= 4 is 5.91 Å². The van der Waals surface area contributed by atoms with Crippen LogP contribution in [-0.4, -0.2) is 24.5 Å². The number of nitrogens with one attached hydrogen (secondary N) is 2. The summed E-state index contributed by atoms with van der Waals surface area (Å²) in [6.07, 6.45) is 5.05. The van der Waals surface area contributed by atoms with Gasteiger partial charge in [-0.15, -0.1) is 0 Å². The van der Waals surface area contributed by atoms with Gasteiger partial charge < -0.3 is 10.6 Å². The molecule has 1 rings (SSSR count). The van der Waals surface area contributed by atoms with Crippen LogP contribution in [0, 0.1) is 11.8 Å². The standard InChI is InChI=1S/C14H28N2O/c1-10(2)12-5-7-13(8-6-12)15-9-14(17)16-11(3)4/h10-13,15H,5-9H2,1-4H3,(H,16,17). The van der Waals surface area contributed by atoms with Gasteiger partial charge >= 0.3 is 0 Å². The zero-order chi connectivity index (χ0) is 12.8. The highest BCUT2D eigenvalue weighted by Crippen LogP contribution is 2.29. The van der Waals surface area contributed by atoms with Gasteiger partial charge in [-0.1, -0.05) is 13.8 Å². The maximum absolute atomic E-state index is 11.5. The van der Waals surface area contributed by atoms with Crippen LogP contribution in [0.4, 0.5) is 0 Å². The Morgan fingerprint density at radius 2 is 1.71 bits per heavy atom. The average Bonchev–Trinajstić information content (AvgIpc) is 2.26. The highest BCUT2D eigenvalue weighted by molar-refractivity contribution is 5.78. The quantitative estimate of drug-likeness (QED) is 0.774. The zero-order valence-corrected chi connectivity index (χ0v) is 11.8. The van der Waals surface area contributed by atoms with E-state index < -0.39 is 0 Å². The van der Waals surface area contributed by atoms with Crippen molar-refractivity contribution in [3.63, 3.8) is 0 Å². The molecule has 0 bridgehead atoms. The maximum Gasteiger partial charge on any atom is 0.234 e. The molecular formula is C14H28N2O. The van der Waals surface area contributed by atoms with Gasteiger partial charge in [0.25, 0.3) is 0 Å². The molecule has 17 heavy (non-hydrogen) atoms. The summed E-state index contributed by atoms with van der Waals surface area (Å²) in [5.74, 6) is 1.81. The number of hydrogen-bond acceptors (Lipinski definition) is 2. The molecule has 0 saturated heterocycles. The normalized spacial score (nSPS) is 25.3. The van der Waals surface area contributed by atoms with Crippen LogP contribution in [0.3, 0.4) is 0 Å². The van der Waals surface area contributed by atoms with Crippen molar-refractivity contribution in [3.8, 4) is 0 Å². The van der Waals surface area contributed by atoms with Crippen molar-refractivity contribution in [2.24, 2.45) is 11.8 Å². The second-order valence-corrected chi connectivity index (χ2v) is 5.96. The van der Waals surface area contributed by atoms with E-state index in [0.29, 0.717) is 12.6 Å². The number of carbonyl (C=O) groups is 1. The van der Waals surface area contributed by atoms with Gasteiger partial charge in [0.2, 0.25) is 5.91 Å². The first kappa shape index (κ1) is 14.5. The molecule has 0 radical (unpaired) electrons. The highest BCUT2D eigenvalue weighted by atomic mass is 16.1. The van der Waals surface area contributed by atoms with Crippen molar-refractivity contribution in [2.45, 2.75) is 65.5 Å². The molecule has 0 aromatic carbocycles. The zero-order valence-electron chi connectivity index (χ0n) is 11.8. The molecule has 0 atom stereocenters. The van der Waals surface area contributed by atoms with Crippen molar-refractivity contribution in [3.05, 3.63) is 0 Å². The van der Waals surface area contributed by atoms with Crippen LogP contribution in [0.25, 0.3) is 0 Å². The molecule has 1 amide bonds. The van der Waals surface area contributed by atoms with Crippen LogP contribution in [0.15, 0.2) is 0 Å². The van der Waals surface area contributed by atoms with E-state index in [1.54, 1.807) is 0 Å². The topological polar surface area (TPSA) is 41.1 Å². The lowest BCUT2D eigenvalue weighted by Crippen LogP contribution is -2.42. The highest BCUT2D eigenvalue weighted by Gasteiger charge is 2.23. The molecule has 1 fully saturated rings. The Bertz CT molecular complexity index is 230. The Hall–Kier alpha value is -0.570. The molecule has 0 spiro atoms. The molecule has 2 N–H and O–H groups in total. The summed E-state index contributed by atoms with van der Waals surface area (Å²) in [6, 6.07) is 0.781. The van der Waals surface area contributed by atoms with Crippen LogP contribution in [-0.2, 0) is 4.79 Å². The third-order valence-electron chi connectivity index (χ3n) is 3.72. The third kappa shape index (κ3) is 5.53. The molecule has 0 unspecified atom stereocenters. The summed E-state index contributed by atoms with van der Waals surface area (Å²) in [7, 11) is 0. The minimum atomic E-state index is 0.117. The van der Waals surface area contributed by atoms with Gasteiger partial charge in [-0.3, -0.25) is 4.79 Å². The summed E-state index contributed by atoms with van der Waals surface area (Å²) in [5, 5.41) is 6.28. The summed E-state index contributed by atoms with van der Waals surface area (Å²) in [6.45, 7) is 9.08. The Morgan fingerprint density at radius 3 is 2.18 bits per heavy atom. The third-order valence-corrected chi connectivity index (χ3v) is 3.72. The SMILES string of the molecule is CC(C)NC(=O)CNC1CCC(C(C)C)CC1. The van der Waals surface area contributed by atoms with Crippen LogP contribution in [0.1, 0.15) is 53.4 Å². The lowest BCUT2D eigenvalue weighted by Gasteiger charge is -2.31. The van der Waals surface area contributed by atoms with E-state index in [2.05, 4.69) is 24.5 Å². The lowest BCUT2D eigenvalue weighted by molar-refractivity contribution is -0.120. The molecule has 1 aliphatic rings. The molecule has 1 aliphatic carbocycles. The molecule has 0 aromatic rings. The number of hydrogen-bond donors (Lipinski definition) is 2. The fourth-order valence-corrected chi connectivity index (χ4v) is 2.60. The first-order chi connectivity index (χ1) is 7.99. The first-order valence-corrected chi connectivity index (χ1v) is 7.01. The molecular weight excluding hydrogens is 212 g/mol. The van der Waals surface area contributed by atoms with Gasteiger partial charge in [0.15, 0.2) is 0 Å². The van der Waals surface area contributed by atoms with Gasteiger partial charge in [-0.2, -0.15) is 0 Å². The minimum Gasteiger partial charge on any atom is -0.353 e. The van der Waals surface area contributed by atoms with E-state index in [1.165, 1.54) is 25.7 Å². The molecule has 3 heteroatoms. The number of amides is 1.